The summed E-state index contributed by atoms with van der Waals surface area (Å²) >= 11 is 4.99. The van der Waals surface area contributed by atoms with Crippen LogP contribution in [0.15, 0.2) is 24.3 Å². The van der Waals surface area contributed by atoms with Crippen molar-refractivity contribution < 1.29 is 9.59 Å². The van der Waals surface area contributed by atoms with E-state index in [0.29, 0.717) is 0 Å². The Morgan fingerprint density at radius 1 is 1.25 bits per heavy atom. The quantitative estimate of drug-likeness (QED) is 0.325. The molecule has 4 heteroatoms. The van der Waals surface area contributed by atoms with Gasteiger partial charge in [-0.3, -0.25) is 9.59 Å². The second-order valence-electron chi connectivity index (χ2n) is 2.19. The van der Waals surface area contributed by atoms with Crippen LogP contribution >= 0.6 is 11.6 Å². The fraction of sp³-hybridized carbons (Fsp3) is 0. The Labute approximate surface area is 74.1 Å². The van der Waals surface area contributed by atoms with Gasteiger partial charge in [0.25, 0.3) is 5.24 Å². The molecular weight excluding hydrogens is 178 g/mol. The number of rotatable bonds is 2. The molecule has 0 aliphatic heterocycles. The zero-order valence-corrected chi connectivity index (χ0v) is 6.84. The topological polar surface area (TPSA) is 60.2 Å². The molecule has 1 aromatic carbocycles. The van der Waals surface area contributed by atoms with E-state index in [-0.39, 0.29) is 11.3 Å². The highest BCUT2D eigenvalue weighted by atomic mass is 35.5. The van der Waals surface area contributed by atoms with Crippen molar-refractivity contribution in [3.63, 3.8) is 0 Å². The smallest absolute Gasteiger partial charge is 0.293 e. The molecule has 0 spiro atoms. The lowest BCUT2D eigenvalue weighted by atomic mass is 10.1. The molecule has 62 valence electrons. The van der Waals surface area contributed by atoms with Crippen LogP contribution in [0, 0.1) is 0 Å². The van der Waals surface area contributed by atoms with E-state index in [4.69, 9.17) is 17.3 Å². The second-order valence-corrected chi connectivity index (χ2v) is 2.53. The minimum Gasteiger partial charge on any atom is -0.398 e. The molecule has 3 nitrogen and oxygen atoms in total. The Kier molecular flexibility index (Phi) is 2.45. The average molecular weight is 184 g/mol. The lowest BCUT2D eigenvalue weighted by Crippen LogP contribution is -2.09. The van der Waals surface area contributed by atoms with E-state index in [2.05, 4.69) is 0 Å². The number of benzene rings is 1. The molecule has 0 heterocycles. The van der Waals surface area contributed by atoms with Crippen LogP contribution in [0.25, 0.3) is 0 Å². The largest absolute Gasteiger partial charge is 0.398 e. The van der Waals surface area contributed by atoms with E-state index < -0.39 is 11.0 Å². The summed E-state index contributed by atoms with van der Waals surface area (Å²) in [5, 5.41) is -1.02. The number of hydrogen-bond donors (Lipinski definition) is 1. The summed E-state index contributed by atoms with van der Waals surface area (Å²) in [5.41, 5.74) is 5.84. The standard InChI is InChI=1S/C8H6ClNO2/c9-8(12)7(11)5-3-1-2-4-6(5)10/h1-4H,10H2. The van der Waals surface area contributed by atoms with Crippen LogP contribution < -0.4 is 5.73 Å². The van der Waals surface area contributed by atoms with Gasteiger partial charge in [0.15, 0.2) is 0 Å². The Balaban J connectivity index is 3.11. The number of nitrogen functional groups attached to an aromatic ring is 1. The number of halogens is 1. The van der Waals surface area contributed by atoms with Crippen LogP contribution in [0.4, 0.5) is 5.69 Å². The number of ketones is 1. The van der Waals surface area contributed by atoms with Crippen molar-refractivity contribution in [2.75, 3.05) is 5.73 Å². The lowest BCUT2D eigenvalue weighted by molar-refractivity contribution is -0.108. The van der Waals surface area contributed by atoms with Gasteiger partial charge in [-0.05, 0) is 23.7 Å². The van der Waals surface area contributed by atoms with Crippen molar-refractivity contribution in [1.82, 2.24) is 0 Å². The molecule has 0 fully saturated rings. The monoisotopic (exact) mass is 183 g/mol. The number of hydrogen-bond acceptors (Lipinski definition) is 3. The van der Waals surface area contributed by atoms with Crippen LogP contribution in [0.3, 0.4) is 0 Å². The lowest BCUT2D eigenvalue weighted by Gasteiger charge is -1.98. The number of carbonyl (C=O) groups is 2. The third kappa shape index (κ3) is 1.62. The van der Waals surface area contributed by atoms with Gasteiger partial charge < -0.3 is 5.73 Å². The summed E-state index contributed by atoms with van der Waals surface area (Å²) in [6.45, 7) is 0. The van der Waals surface area contributed by atoms with Gasteiger partial charge in [0.2, 0.25) is 5.78 Å². The molecule has 0 saturated heterocycles. The highest BCUT2D eigenvalue weighted by molar-refractivity contribution is 6.83. The first-order valence-corrected chi connectivity index (χ1v) is 3.59. The van der Waals surface area contributed by atoms with Crippen molar-refractivity contribution in [3.05, 3.63) is 29.8 Å². The van der Waals surface area contributed by atoms with E-state index in [0.717, 1.165) is 0 Å². The number of Topliss-reactive ketones (excluding diaryl/α,β-unsaturated/α-hetero) is 1. The summed E-state index contributed by atoms with van der Waals surface area (Å²) < 4.78 is 0. The minimum absolute atomic E-state index is 0.150. The first-order valence-electron chi connectivity index (χ1n) is 3.21. The van der Waals surface area contributed by atoms with Gasteiger partial charge in [0.05, 0.1) is 0 Å². The minimum atomic E-state index is -1.02. The Bertz CT molecular complexity index is 336. The summed E-state index contributed by atoms with van der Waals surface area (Å²) in [6, 6.07) is 6.28. The van der Waals surface area contributed by atoms with Gasteiger partial charge in [-0.1, -0.05) is 12.1 Å². The van der Waals surface area contributed by atoms with Gasteiger partial charge in [0, 0.05) is 11.3 Å². The molecule has 0 radical (unpaired) electrons. The summed E-state index contributed by atoms with van der Waals surface area (Å²) in [6.07, 6.45) is 0. The maximum atomic E-state index is 11.0. The normalized spacial score (nSPS) is 9.42. The molecule has 0 atom stereocenters. The first-order chi connectivity index (χ1) is 5.63. The highest BCUT2D eigenvalue weighted by Crippen LogP contribution is 2.12. The van der Waals surface area contributed by atoms with Crippen LogP contribution in [0.1, 0.15) is 10.4 Å². The van der Waals surface area contributed by atoms with Crippen molar-refractivity contribution in [2.45, 2.75) is 0 Å². The van der Waals surface area contributed by atoms with Crippen molar-refractivity contribution in [1.29, 1.82) is 0 Å². The van der Waals surface area contributed by atoms with Gasteiger partial charge in [-0.15, -0.1) is 0 Å². The maximum absolute atomic E-state index is 11.0. The van der Waals surface area contributed by atoms with E-state index in [1.54, 1.807) is 12.1 Å². The zero-order valence-electron chi connectivity index (χ0n) is 6.08. The van der Waals surface area contributed by atoms with Crippen LogP contribution in [0.5, 0.6) is 0 Å². The van der Waals surface area contributed by atoms with Crippen molar-refractivity contribution >= 4 is 28.3 Å². The predicted octanol–water partition coefficient (Wildman–Crippen LogP) is 1.22. The Morgan fingerprint density at radius 2 is 1.83 bits per heavy atom. The molecule has 12 heavy (non-hydrogen) atoms. The zero-order chi connectivity index (χ0) is 9.14. The molecule has 0 bridgehead atoms. The second kappa shape index (κ2) is 3.36. The van der Waals surface area contributed by atoms with Crippen LogP contribution in [-0.2, 0) is 4.79 Å². The number of para-hydroxylation sites is 1. The molecule has 0 aliphatic carbocycles. The van der Waals surface area contributed by atoms with Crippen molar-refractivity contribution in [2.24, 2.45) is 0 Å². The molecule has 0 saturated carbocycles. The number of carbonyl (C=O) groups excluding carboxylic acids is 2. The Hall–Kier alpha value is -1.35. The fourth-order valence-electron chi connectivity index (χ4n) is 0.810. The first kappa shape index (κ1) is 8.74. The SMILES string of the molecule is Nc1ccccc1C(=O)C(=O)Cl. The van der Waals surface area contributed by atoms with Gasteiger partial charge in [-0.25, -0.2) is 0 Å². The predicted molar refractivity (Wildman–Crippen MR) is 46.0 cm³/mol. The summed E-state index contributed by atoms with van der Waals surface area (Å²) in [4.78, 5) is 21.5. The molecule has 0 aliphatic rings. The van der Waals surface area contributed by atoms with Gasteiger partial charge in [-0.2, -0.15) is 0 Å². The van der Waals surface area contributed by atoms with E-state index in [9.17, 15) is 9.59 Å². The van der Waals surface area contributed by atoms with Gasteiger partial charge in [0.1, 0.15) is 0 Å². The molecule has 0 amide bonds. The number of anilines is 1. The average Bonchev–Trinajstić information content (AvgIpc) is 2.04. The van der Waals surface area contributed by atoms with E-state index in [1.165, 1.54) is 12.1 Å². The Morgan fingerprint density at radius 3 is 2.33 bits per heavy atom. The molecule has 1 aromatic rings. The van der Waals surface area contributed by atoms with Crippen molar-refractivity contribution in [3.8, 4) is 0 Å². The molecular formula is C8H6ClNO2. The third-order valence-electron chi connectivity index (χ3n) is 1.38. The van der Waals surface area contributed by atoms with Gasteiger partial charge >= 0.3 is 0 Å². The van der Waals surface area contributed by atoms with Crippen LogP contribution in [0.2, 0.25) is 0 Å². The highest BCUT2D eigenvalue weighted by Gasteiger charge is 2.14. The van der Waals surface area contributed by atoms with E-state index >= 15 is 0 Å². The molecule has 0 aromatic heterocycles. The summed E-state index contributed by atoms with van der Waals surface area (Å²) in [5.74, 6) is -0.769. The molecule has 2 N–H and O–H groups in total. The number of nitrogens with two attached hydrogens (primary N) is 1. The van der Waals surface area contributed by atoms with E-state index in [1.807, 2.05) is 0 Å². The molecule has 0 unspecified atom stereocenters. The molecule has 1 rings (SSSR count). The van der Waals surface area contributed by atoms with Crippen LogP contribution in [-0.4, -0.2) is 11.0 Å². The fourth-order valence-corrected chi connectivity index (χ4v) is 0.911. The third-order valence-corrected chi connectivity index (χ3v) is 1.56. The maximum Gasteiger partial charge on any atom is 0.293 e. The summed E-state index contributed by atoms with van der Waals surface area (Å²) in [7, 11) is 0.